The monoisotopic (exact) mass is 818 g/mol. The molecular formula is C46H42N8O7. The fourth-order valence-electron chi connectivity index (χ4n) is 7.63. The Bertz CT molecular complexity index is 2790. The minimum atomic E-state index is -0.832. The number of hydrogen-bond acceptors (Lipinski definition) is 9. The zero-order valence-corrected chi connectivity index (χ0v) is 33.4. The van der Waals surface area contributed by atoms with Crippen molar-refractivity contribution in [2.45, 2.75) is 31.8 Å². The first-order chi connectivity index (χ1) is 29.6. The lowest BCUT2D eigenvalue weighted by Gasteiger charge is -2.29. The van der Waals surface area contributed by atoms with Crippen molar-refractivity contribution in [3.05, 3.63) is 148 Å². The van der Waals surface area contributed by atoms with Crippen molar-refractivity contribution in [1.82, 2.24) is 30.4 Å². The summed E-state index contributed by atoms with van der Waals surface area (Å²) in [7, 11) is 3.22. The van der Waals surface area contributed by atoms with Crippen LogP contribution in [0.4, 0.5) is 5.69 Å². The summed E-state index contributed by atoms with van der Waals surface area (Å²) in [4.78, 5) is 86.0. The van der Waals surface area contributed by atoms with Crippen LogP contribution in [0.3, 0.4) is 0 Å². The SMILES string of the molecule is C/N=C1/c2c(NCCCNC(=O)c3ccc(CNC(=O)c4cc5c(-c6ccccc6Oc6ccccc6)cn(C)c(=O)c5[nH]4)cc3)cccc2C(=O)N1C1CCC(=O)NC1=O. The fourth-order valence-corrected chi connectivity index (χ4v) is 7.63. The molecule has 8 rings (SSSR count). The average molecular weight is 819 g/mol. The number of aromatic amines is 1. The quantitative estimate of drug-likeness (QED) is 0.0782. The van der Waals surface area contributed by atoms with E-state index < -0.39 is 17.9 Å². The number of rotatable bonds is 13. The number of piperidine rings is 1. The Kier molecular flexibility index (Phi) is 11.3. The zero-order chi connectivity index (χ0) is 42.6. The Hall–Kier alpha value is -7.81. The summed E-state index contributed by atoms with van der Waals surface area (Å²) in [5.74, 6) is -0.259. The van der Waals surface area contributed by atoms with Crippen molar-refractivity contribution in [1.29, 1.82) is 0 Å². The highest BCUT2D eigenvalue weighted by Crippen LogP contribution is 2.37. The molecule has 4 heterocycles. The standard InChI is InChI=1S/C46H42N8O7/c1-47-41-39-31(45(59)54(41)36-20-21-38(55)52-44(36)58)13-8-14-34(39)48-22-9-23-49-42(56)28-18-16-27(17-19-28)25-50-43(57)35-24-32-33(26-53(2)46(60)40(32)51-35)30-12-6-7-15-37(30)61-29-10-4-3-5-11-29/h3-8,10-19,24,26,36,48,51H,9,20-23,25H2,1-2H3,(H,49,56)(H,50,57)(H,52,55,58)/b47-41-. The lowest BCUT2D eigenvalue weighted by atomic mass is 10.0. The van der Waals surface area contributed by atoms with Crippen LogP contribution in [-0.2, 0) is 23.2 Å². The molecule has 15 heteroatoms. The molecule has 5 N–H and O–H groups in total. The van der Waals surface area contributed by atoms with Crippen molar-refractivity contribution in [3.63, 3.8) is 0 Å². The van der Waals surface area contributed by atoms with Crippen molar-refractivity contribution < 1.29 is 28.7 Å². The molecule has 0 bridgehead atoms. The van der Waals surface area contributed by atoms with E-state index in [0.717, 1.165) is 16.7 Å². The molecule has 2 aromatic heterocycles. The van der Waals surface area contributed by atoms with Crippen LogP contribution in [-0.4, -0.2) is 76.0 Å². The molecule has 1 fully saturated rings. The van der Waals surface area contributed by atoms with Crippen LogP contribution in [0.5, 0.6) is 11.5 Å². The van der Waals surface area contributed by atoms with Gasteiger partial charge in [0.1, 0.15) is 34.6 Å². The number of aryl methyl sites for hydroxylation is 1. The smallest absolute Gasteiger partial charge is 0.274 e. The first kappa shape index (κ1) is 40.0. The van der Waals surface area contributed by atoms with Crippen LogP contribution < -0.4 is 31.6 Å². The van der Waals surface area contributed by atoms with E-state index >= 15 is 0 Å². The molecule has 1 unspecified atom stereocenters. The minimum absolute atomic E-state index is 0.135. The first-order valence-corrected chi connectivity index (χ1v) is 19.8. The van der Waals surface area contributed by atoms with Crippen LogP contribution >= 0.6 is 0 Å². The zero-order valence-electron chi connectivity index (χ0n) is 33.4. The molecule has 1 saturated heterocycles. The number of carbonyl (C=O) groups excluding carboxylic acids is 5. The van der Waals surface area contributed by atoms with Gasteiger partial charge in [0.15, 0.2) is 0 Å². The number of hydrogen-bond donors (Lipinski definition) is 5. The maximum absolute atomic E-state index is 13.4. The number of aliphatic imine (C=N–C) groups is 1. The number of imide groups is 1. The molecule has 61 heavy (non-hydrogen) atoms. The lowest BCUT2D eigenvalue weighted by Crippen LogP contribution is -2.54. The van der Waals surface area contributed by atoms with Gasteiger partial charge in [-0.1, -0.05) is 54.6 Å². The highest BCUT2D eigenvalue weighted by atomic mass is 16.5. The number of anilines is 1. The van der Waals surface area contributed by atoms with E-state index in [-0.39, 0.29) is 48.4 Å². The largest absolute Gasteiger partial charge is 0.457 e. The highest BCUT2D eigenvalue weighted by Gasteiger charge is 2.44. The van der Waals surface area contributed by atoms with Gasteiger partial charge in [0.2, 0.25) is 11.8 Å². The third kappa shape index (κ3) is 8.13. The molecule has 6 aromatic rings. The Balaban J connectivity index is 0.851. The maximum atomic E-state index is 13.4. The molecule has 1 atom stereocenters. The fraction of sp³-hybridized carbons (Fsp3) is 0.196. The summed E-state index contributed by atoms with van der Waals surface area (Å²) in [5.41, 5.74) is 4.63. The maximum Gasteiger partial charge on any atom is 0.274 e. The number of aromatic nitrogens is 2. The van der Waals surface area contributed by atoms with Crippen LogP contribution in [0.2, 0.25) is 0 Å². The molecule has 2 aliphatic heterocycles. The Labute approximate surface area is 349 Å². The lowest BCUT2D eigenvalue weighted by molar-refractivity contribution is -0.135. The van der Waals surface area contributed by atoms with Gasteiger partial charge in [0, 0.05) is 74.1 Å². The van der Waals surface area contributed by atoms with Crippen LogP contribution in [0.15, 0.2) is 119 Å². The number of carbonyl (C=O) groups is 5. The summed E-state index contributed by atoms with van der Waals surface area (Å²) in [6, 6.07) is 30.0. The molecule has 0 saturated carbocycles. The highest BCUT2D eigenvalue weighted by molar-refractivity contribution is 6.27. The van der Waals surface area contributed by atoms with E-state index in [1.54, 1.807) is 62.8 Å². The van der Waals surface area contributed by atoms with Gasteiger partial charge in [-0.3, -0.25) is 44.0 Å². The second-order valence-corrected chi connectivity index (χ2v) is 14.7. The second-order valence-electron chi connectivity index (χ2n) is 14.7. The predicted octanol–water partition coefficient (Wildman–Crippen LogP) is 5.13. The average Bonchev–Trinajstić information content (AvgIpc) is 3.85. The summed E-state index contributed by atoms with van der Waals surface area (Å²) in [6.45, 7) is 1.03. The molecule has 2 aliphatic rings. The number of amides is 5. The molecule has 0 radical (unpaired) electrons. The van der Waals surface area contributed by atoms with E-state index in [1.165, 1.54) is 9.47 Å². The van der Waals surface area contributed by atoms with Crippen LogP contribution in [0.25, 0.3) is 22.0 Å². The Morgan fingerprint density at radius 2 is 1.59 bits per heavy atom. The Morgan fingerprint density at radius 1 is 0.836 bits per heavy atom. The molecular weight excluding hydrogens is 777 g/mol. The number of para-hydroxylation sites is 2. The molecule has 15 nitrogen and oxygen atoms in total. The number of pyridine rings is 1. The van der Waals surface area contributed by atoms with Gasteiger partial charge >= 0.3 is 0 Å². The minimum Gasteiger partial charge on any atom is -0.457 e. The molecule has 5 amide bonds. The van der Waals surface area contributed by atoms with E-state index in [1.807, 2.05) is 60.7 Å². The number of fused-ring (bicyclic) bond motifs is 2. The van der Waals surface area contributed by atoms with Crippen LogP contribution in [0.1, 0.15) is 61.6 Å². The third-order valence-corrected chi connectivity index (χ3v) is 10.7. The van der Waals surface area contributed by atoms with E-state index in [9.17, 15) is 28.8 Å². The van der Waals surface area contributed by atoms with Crippen molar-refractivity contribution in [2.75, 3.05) is 25.5 Å². The third-order valence-electron chi connectivity index (χ3n) is 10.7. The number of ether oxygens (including phenoxy) is 1. The number of nitrogens with zero attached hydrogens (tertiary/aromatic N) is 3. The van der Waals surface area contributed by atoms with Gasteiger partial charge < -0.3 is 30.2 Å². The predicted molar refractivity (Wildman–Crippen MR) is 230 cm³/mol. The van der Waals surface area contributed by atoms with Crippen molar-refractivity contribution >= 4 is 52.0 Å². The first-order valence-electron chi connectivity index (χ1n) is 19.8. The van der Waals surface area contributed by atoms with Crippen molar-refractivity contribution in [2.24, 2.45) is 12.0 Å². The van der Waals surface area contributed by atoms with Gasteiger partial charge in [-0.25, -0.2) is 0 Å². The number of nitrogens with one attached hydrogen (secondary N) is 5. The van der Waals surface area contributed by atoms with E-state index in [4.69, 9.17) is 4.74 Å². The van der Waals surface area contributed by atoms with Gasteiger partial charge in [0.05, 0.1) is 11.1 Å². The second kappa shape index (κ2) is 17.2. The van der Waals surface area contributed by atoms with Crippen molar-refractivity contribution in [3.8, 4) is 22.6 Å². The topological polar surface area (TPSA) is 196 Å². The molecule has 4 aromatic carbocycles. The molecule has 0 aliphatic carbocycles. The van der Waals surface area contributed by atoms with Gasteiger partial charge in [-0.15, -0.1) is 0 Å². The van der Waals surface area contributed by atoms with Gasteiger partial charge in [-0.2, -0.15) is 0 Å². The van der Waals surface area contributed by atoms with Gasteiger partial charge in [0.25, 0.3) is 23.3 Å². The van der Waals surface area contributed by atoms with E-state index in [2.05, 4.69) is 31.2 Å². The summed E-state index contributed by atoms with van der Waals surface area (Å²) in [5, 5.41) is 12.1. The van der Waals surface area contributed by atoms with Crippen LogP contribution in [0, 0.1) is 0 Å². The summed E-state index contributed by atoms with van der Waals surface area (Å²) >= 11 is 0. The Morgan fingerprint density at radius 3 is 2.36 bits per heavy atom. The summed E-state index contributed by atoms with van der Waals surface area (Å²) in [6.07, 6.45) is 2.65. The number of H-pyrrole nitrogens is 1. The van der Waals surface area contributed by atoms with E-state index in [0.29, 0.717) is 70.1 Å². The molecule has 308 valence electrons. The van der Waals surface area contributed by atoms with Gasteiger partial charge in [-0.05, 0) is 66.9 Å². The number of benzene rings is 4. The number of amidine groups is 1. The molecule has 0 spiro atoms. The summed E-state index contributed by atoms with van der Waals surface area (Å²) < 4.78 is 7.68. The normalized spacial score (nSPS) is 15.4.